The number of Topliss-reactive ketones (excluding diaryl/α,β-unsaturated/α-hetero) is 1. The molecule has 0 spiro atoms. The average molecular weight is 1080 g/mol. The van der Waals surface area contributed by atoms with Gasteiger partial charge in [0.25, 0.3) is 0 Å². The van der Waals surface area contributed by atoms with E-state index in [0.29, 0.717) is 24.7 Å². The van der Waals surface area contributed by atoms with E-state index < -0.39 is 133 Å². The fraction of sp³-hybridized carbons (Fsp3) is 0.750. The van der Waals surface area contributed by atoms with Gasteiger partial charge in [0, 0.05) is 38.9 Å². The Kier molecular flexibility index (Phi) is 27.6. The monoisotopic (exact) mass is 1080 g/mol. The number of amides is 6. The van der Waals surface area contributed by atoms with Gasteiger partial charge < -0.3 is 88.1 Å². The van der Waals surface area contributed by atoms with Gasteiger partial charge in [0.1, 0.15) is 54.3 Å². The fourth-order valence-corrected chi connectivity index (χ4v) is 9.63. The number of unbranched alkanes of at least 4 members (excludes halogenated alkanes) is 5. The summed E-state index contributed by atoms with van der Waals surface area (Å²) >= 11 is 0. The minimum atomic E-state index is -1.94. The lowest BCUT2D eigenvalue weighted by Gasteiger charge is -2.34. The minimum Gasteiger partial charge on any atom is -0.508 e. The molecule has 432 valence electrons. The number of hydrogen-bond acceptors (Lipinski definition) is 18. The van der Waals surface area contributed by atoms with Crippen LogP contribution in [-0.4, -0.2) is 197 Å². The van der Waals surface area contributed by atoms with Crippen molar-refractivity contribution in [3.05, 3.63) is 29.8 Å². The summed E-state index contributed by atoms with van der Waals surface area (Å²) in [6, 6.07) is -4.73. The number of nitrogens with zero attached hydrogens (tertiary/aromatic N) is 2. The van der Waals surface area contributed by atoms with Crippen molar-refractivity contribution in [2.45, 2.75) is 210 Å². The molecule has 2 fully saturated rings. The first-order chi connectivity index (χ1) is 35.8. The number of nitrogens with one attached hydrogen (secondary N) is 4. The highest BCUT2D eigenvalue weighted by Crippen LogP contribution is 2.25. The van der Waals surface area contributed by atoms with E-state index in [1.165, 1.54) is 44.5 Å². The third-order valence-electron chi connectivity index (χ3n) is 14.3. The SMILES string of the molecule is CCC(C)CC(C)CCCCCCCCC(=O)NC(CC(O)C(NC(=O)C1C(O)CCN1C(=O)C(NC(=O)C(N)C(O)C(O)c1ccc(O)cc1)C(C)O)OCCN)C(=O)NC(C(=O)N1CC(O)CC1C(C)=O)C(C)O. The number of ketones is 1. The number of likely N-dealkylation sites (tertiary alicyclic amines) is 2. The van der Waals surface area contributed by atoms with E-state index in [0.717, 1.165) is 55.2 Å². The lowest BCUT2D eigenvalue weighted by atomic mass is 9.91. The normalized spacial score (nSPS) is 22.4. The molecule has 0 aliphatic carbocycles. The van der Waals surface area contributed by atoms with Crippen molar-refractivity contribution in [3.63, 3.8) is 0 Å². The number of hydrogen-bond donors (Lipinski definition) is 14. The molecule has 24 nitrogen and oxygen atoms in total. The molecule has 16 N–H and O–H groups in total. The van der Waals surface area contributed by atoms with Gasteiger partial charge in [-0.05, 0) is 69.6 Å². The molecule has 16 unspecified atom stereocenters. The van der Waals surface area contributed by atoms with Crippen LogP contribution in [0.5, 0.6) is 5.75 Å². The second-order valence-corrected chi connectivity index (χ2v) is 20.9. The molecule has 1 aromatic rings. The van der Waals surface area contributed by atoms with E-state index in [-0.39, 0.29) is 56.8 Å². The second kappa shape index (κ2) is 32.1. The molecule has 1 aromatic carbocycles. The van der Waals surface area contributed by atoms with Gasteiger partial charge in [0.2, 0.25) is 35.4 Å². The largest absolute Gasteiger partial charge is 0.508 e. The molecule has 6 amide bonds. The number of phenolic OH excluding ortho intramolecular Hbond substituents is 1. The van der Waals surface area contributed by atoms with Crippen LogP contribution in [0.3, 0.4) is 0 Å². The summed E-state index contributed by atoms with van der Waals surface area (Å²) in [7, 11) is 0. The highest BCUT2D eigenvalue weighted by atomic mass is 16.5. The van der Waals surface area contributed by atoms with E-state index >= 15 is 0 Å². The topological polar surface area (TPSA) is 397 Å². The van der Waals surface area contributed by atoms with Crippen molar-refractivity contribution in [1.29, 1.82) is 0 Å². The molecule has 0 saturated carbocycles. The van der Waals surface area contributed by atoms with E-state index in [4.69, 9.17) is 16.2 Å². The molecule has 3 rings (SSSR count). The standard InChI is InChI=1S/C52H88N8O16/c1-7-28(2)24-29(3)14-12-10-8-9-11-13-15-40(68)55-36(47(71)56-43(32(6)63)52(75)60-27-35(65)25-37(60)30(4)61)26-39(67)50(76-23-21-53)58-49(73)44-38(66)20-22-59(44)51(74)42(31(5)62)57-48(72)41(54)46(70)45(69)33-16-18-34(64)19-17-33/h16-19,28-29,31-32,35-39,41-46,50,62-67,69-70H,7-15,20-27,53-54H2,1-6H3,(H,55,68)(H,56,71)(H,57,72)(H,58,73). The quantitative estimate of drug-likeness (QED) is 0.0273. The van der Waals surface area contributed by atoms with Crippen molar-refractivity contribution in [3.8, 4) is 5.75 Å². The highest BCUT2D eigenvalue weighted by Gasteiger charge is 2.47. The number of aliphatic hydroxyl groups is 7. The molecule has 76 heavy (non-hydrogen) atoms. The average Bonchev–Trinajstić information content (AvgIpc) is 3.97. The Morgan fingerprint density at radius 1 is 0.763 bits per heavy atom. The Hall–Kier alpha value is -4.89. The molecule has 2 saturated heterocycles. The van der Waals surface area contributed by atoms with Crippen LogP contribution in [0.2, 0.25) is 0 Å². The van der Waals surface area contributed by atoms with E-state index in [1.54, 1.807) is 0 Å². The molecule has 24 heteroatoms. The number of aliphatic hydroxyl groups excluding tert-OH is 7. The molecule has 2 aliphatic heterocycles. The van der Waals surface area contributed by atoms with Gasteiger partial charge in [-0.2, -0.15) is 0 Å². The summed E-state index contributed by atoms with van der Waals surface area (Å²) in [6.45, 7) is 9.37. The summed E-state index contributed by atoms with van der Waals surface area (Å²) in [5.74, 6) is -5.10. The number of β-amino-alcohol motifs (C(OH)–C–C–N with tert-alkyl or cyclic N) is 1. The Morgan fingerprint density at radius 2 is 1.34 bits per heavy atom. The minimum absolute atomic E-state index is 0.0218. The van der Waals surface area contributed by atoms with Gasteiger partial charge in [0.05, 0.1) is 37.1 Å². The zero-order chi connectivity index (χ0) is 57.0. The Morgan fingerprint density at radius 3 is 1.92 bits per heavy atom. The molecule has 0 aromatic heterocycles. The van der Waals surface area contributed by atoms with Gasteiger partial charge in [0.15, 0.2) is 12.0 Å². The molecule has 16 atom stereocenters. The molecule has 0 radical (unpaired) electrons. The van der Waals surface area contributed by atoms with Gasteiger partial charge in [-0.15, -0.1) is 0 Å². The van der Waals surface area contributed by atoms with Crippen LogP contribution in [0.25, 0.3) is 0 Å². The van der Waals surface area contributed by atoms with Crippen LogP contribution in [0.4, 0.5) is 0 Å². The lowest BCUT2D eigenvalue weighted by Crippen LogP contribution is -2.62. The van der Waals surface area contributed by atoms with Crippen molar-refractivity contribution in [2.24, 2.45) is 23.3 Å². The number of phenols is 1. The van der Waals surface area contributed by atoms with E-state index in [2.05, 4.69) is 42.0 Å². The summed E-state index contributed by atoms with van der Waals surface area (Å²) in [5, 5.41) is 95.3. The maximum absolute atomic E-state index is 14.2. The predicted molar refractivity (Wildman–Crippen MR) is 277 cm³/mol. The number of benzene rings is 1. The van der Waals surface area contributed by atoms with Crippen molar-refractivity contribution >= 4 is 41.2 Å². The molecular weight excluding hydrogens is 993 g/mol. The van der Waals surface area contributed by atoms with E-state index in [1.807, 2.05) is 0 Å². The maximum atomic E-state index is 14.2. The summed E-state index contributed by atoms with van der Waals surface area (Å²) < 4.78 is 5.71. The van der Waals surface area contributed by atoms with Crippen LogP contribution in [0.15, 0.2) is 24.3 Å². The summed E-state index contributed by atoms with van der Waals surface area (Å²) in [4.78, 5) is 97.3. The van der Waals surface area contributed by atoms with Crippen LogP contribution in [0, 0.1) is 11.8 Å². The first-order valence-corrected chi connectivity index (χ1v) is 26.8. The zero-order valence-electron chi connectivity index (χ0n) is 45.0. The van der Waals surface area contributed by atoms with Crippen LogP contribution in [0.1, 0.15) is 137 Å². The van der Waals surface area contributed by atoms with Gasteiger partial charge >= 0.3 is 0 Å². The summed E-state index contributed by atoms with van der Waals surface area (Å²) in [5.41, 5.74) is 11.8. The molecule has 0 bridgehead atoms. The zero-order valence-corrected chi connectivity index (χ0v) is 45.0. The van der Waals surface area contributed by atoms with Gasteiger partial charge in [-0.25, -0.2) is 0 Å². The number of carbonyl (C=O) groups excluding carboxylic acids is 7. The Bertz CT molecular complexity index is 2020. The van der Waals surface area contributed by atoms with Crippen molar-refractivity contribution in [2.75, 3.05) is 26.2 Å². The van der Waals surface area contributed by atoms with Crippen LogP contribution >= 0.6 is 0 Å². The molecule has 2 heterocycles. The highest BCUT2D eigenvalue weighted by molar-refractivity contribution is 5.96. The Labute approximate surface area is 445 Å². The third-order valence-corrected chi connectivity index (χ3v) is 14.3. The second-order valence-electron chi connectivity index (χ2n) is 20.9. The molecule has 2 aliphatic rings. The number of carbonyl (C=O) groups is 7. The first kappa shape index (κ1) is 65.4. The number of aromatic hydroxyl groups is 1. The lowest BCUT2D eigenvalue weighted by molar-refractivity contribution is -0.149. The van der Waals surface area contributed by atoms with Crippen LogP contribution in [-0.2, 0) is 38.3 Å². The molecular formula is C52H88N8O16. The summed E-state index contributed by atoms with van der Waals surface area (Å²) in [6.07, 6.45) is -5.29. The van der Waals surface area contributed by atoms with Crippen molar-refractivity contribution in [1.82, 2.24) is 31.1 Å². The van der Waals surface area contributed by atoms with E-state index in [9.17, 15) is 74.4 Å². The maximum Gasteiger partial charge on any atom is 0.248 e. The van der Waals surface area contributed by atoms with Gasteiger partial charge in [-0.1, -0.05) is 77.8 Å². The van der Waals surface area contributed by atoms with Gasteiger partial charge in [-0.3, -0.25) is 33.6 Å². The first-order valence-electron chi connectivity index (χ1n) is 26.8. The van der Waals surface area contributed by atoms with Crippen molar-refractivity contribution < 1.29 is 79.2 Å². The Balaban J connectivity index is 1.80. The smallest absolute Gasteiger partial charge is 0.248 e. The number of nitrogens with two attached hydrogens (primary N) is 2. The predicted octanol–water partition coefficient (Wildman–Crippen LogP) is -1.80. The van der Waals surface area contributed by atoms with Crippen LogP contribution < -0.4 is 32.7 Å². The third kappa shape index (κ3) is 19.8. The fourth-order valence-electron chi connectivity index (χ4n) is 9.63. The number of rotatable bonds is 33. The number of ether oxygens (including phenoxy) is 1.